The molecular weight excluding hydrogens is 292 g/mol. The Bertz CT molecular complexity index is 678. The van der Waals surface area contributed by atoms with E-state index in [9.17, 15) is 9.90 Å². The Labute approximate surface area is 136 Å². The van der Waals surface area contributed by atoms with Crippen molar-refractivity contribution in [3.05, 3.63) is 54.1 Å². The molecule has 0 radical (unpaired) electrons. The molecule has 0 aliphatic carbocycles. The molecule has 122 valence electrons. The van der Waals surface area contributed by atoms with E-state index in [1.165, 1.54) is 0 Å². The molecule has 2 aromatic carbocycles. The fourth-order valence-corrected chi connectivity index (χ4v) is 1.99. The zero-order valence-corrected chi connectivity index (χ0v) is 13.6. The zero-order valence-electron chi connectivity index (χ0n) is 13.6. The number of para-hydroxylation sites is 1. The second-order valence-corrected chi connectivity index (χ2v) is 6.19. The van der Waals surface area contributed by atoms with Crippen LogP contribution in [0.15, 0.2) is 48.5 Å². The van der Waals surface area contributed by atoms with Gasteiger partial charge in [0.1, 0.15) is 11.4 Å². The van der Waals surface area contributed by atoms with E-state index in [0.29, 0.717) is 12.2 Å². The standard InChI is InChI=1S/C18H22N2O3/c1-18(2,3)23-17(22)20-15-9-6-8-14(11-15)19-12-13-7-4-5-10-16(13)21/h4-11,19,21H,12H2,1-3H3,(H,20,22). The Balaban J connectivity index is 1.97. The van der Waals surface area contributed by atoms with Gasteiger partial charge in [-0.3, -0.25) is 5.32 Å². The maximum atomic E-state index is 11.8. The van der Waals surface area contributed by atoms with Gasteiger partial charge in [0.15, 0.2) is 0 Å². The number of phenolic OH excluding ortho intramolecular Hbond substituents is 1. The first-order valence-electron chi connectivity index (χ1n) is 7.44. The molecule has 3 N–H and O–H groups in total. The van der Waals surface area contributed by atoms with Crippen molar-refractivity contribution >= 4 is 17.5 Å². The van der Waals surface area contributed by atoms with Crippen molar-refractivity contribution in [2.45, 2.75) is 32.9 Å². The number of carbonyl (C=O) groups excluding carboxylic acids is 1. The molecular formula is C18H22N2O3. The second-order valence-electron chi connectivity index (χ2n) is 6.19. The number of amides is 1. The van der Waals surface area contributed by atoms with Crippen molar-refractivity contribution < 1.29 is 14.6 Å². The first kappa shape index (κ1) is 16.7. The van der Waals surface area contributed by atoms with E-state index in [1.54, 1.807) is 18.2 Å². The van der Waals surface area contributed by atoms with Crippen LogP contribution in [0, 0.1) is 0 Å². The molecule has 0 fully saturated rings. The van der Waals surface area contributed by atoms with E-state index in [4.69, 9.17) is 4.74 Å². The highest BCUT2D eigenvalue weighted by molar-refractivity contribution is 5.85. The number of ether oxygens (including phenoxy) is 1. The average molecular weight is 314 g/mol. The summed E-state index contributed by atoms with van der Waals surface area (Å²) < 4.78 is 5.22. The molecule has 0 unspecified atom stereocenters. The summed E-state index contributed by atoms with van der Waals surface area (Å²) in [5.74, 6) is 0.253. The van der Waals surface area contributed by atoms with Crippen molar-refractivity contribution in [3.8, 4) is 5.75 Å². The van der Waals surface area contributed by atoms with Gasteiger partial charge in [0.25, 0.3) is 0 Å². The van der Waals surface area contributed by atoms with E-state index >= 15 is 0 Å². The molecule has 5 nitrogen and oxygen atoms in total. The molecule has 1 amide bonds. The van der Waals surface area contributed by atoms with E-state index in [0.717, 1.165) is 11.3 Å². The zero-order chi connectivity index (χ0) is 16.9. The van der Waals surface area contributed by atoms with E-state index in [1.807, 2.05) is 51.1 Å². The lowest BCUT2D eigenvalue weighted by atomic mass is 10.2. The van der Waals surface area contributed by atoms with Gasteiger partial charge in [-0.2, -0.15) is 0 Å². The molecule has 0 saturated heterocycles. The fourth-order valence-electron chi connectivity index (χ4n) is 1.99. The minimum atomic E-state index is -0.537. The van der Waals surface area contributed by atoms with Crippen LogP contribution in [0.2, 0.25) is 0 Å². The molecule has 0 spiro atoms. The van der Waals surface area contributed by atoms with Crippen molar-refractivity contribution in [1.29, 1.82) is 0 Å². The molecule has 0 aliphatic heterocycles. The van der Waals surface area contributed by atoms with E-state index in [2.05, 4.69) is 10.6 Å². The largest absolute Gasteiger partial charge is 0.508 e. The number of hydrogen-bond donors (Lipinski definition) is 3. The molecule has 0 aliphatic rings. The van der Waals surface area contributed by atoms with Crippen LogP contribution in [-0.4, -0.2) is 16.8 Å². The predicted octanol–water partition coefficient (Wildman–Crippen LogP) is 4.35. The number of phenols is 1. The monoisotopic (exact) mass is 314 g/mol. The van der Waals surface area contributed by atoms with Gasteiger partial charge in [0, 0.05) is 23.5 Å². The highest BCUT2D eigenvalue weighted by atomic mass is 16.6. The molecule has 2 aromatic rings. The van der Waals surface area contributed by atoms with Crippen LogP contribution in [0.1, 0.15) is 26.3 Å². The van der Waals surface area contributed by atoms with Gasteiger partial charge in [-0.25, -0.2) is 4.79 Å². The number of rotatable bonds is 4. The van der Waals surface area contributed by atoms with Crippen LogP contribution in [0.5, 0.6) is 5.75 Å². The number of nitrogens with one attached hydrogen (secondary N) is 2. The minimum absolute atomic E-state index is 0.253. The van der Waals surface area contributed by atoms with Gasteiger partial charge in [0.05, 0.1) is 0 Å². The van der Waals surface area contributed by atoms with Crippen LogP contribution in [0.4, 0.5) is 16.2 Å². The Morgan fingerprint density at radius 2 is 1.78 bits per heavy atom. The third-order valence-electron chi connectivity index (χ3n) is 2.98. The predicted molar refractivity (Wildman–Crippen MR) is 91.7 cm³/mol. The molecule has 2 rings (SSSR count). The van der Waals surface area contributed by atoms with Crippen LogP contribution >= 0.6 is 0 Å². The summed E-state index contributed by atoms with van der Waals surface area (Å²) in [7, 11) is 0. The SMILES string of the molecule is CC(C)(C)OC(=O)Nc1cccc(NCc2ccccc2O)c1. The fraction of sp³-hybridized carbons (Fsp3) is 0.278. The topological polar surface area (TPSA) is 70.6 Å². The van der Waals surface area contributed by atoms with Gasteiger partial charge in [-0.15, -0.1) is 0 Å². The Morgan fingerprint density at radius 1 is 1.09 bits per heavy atom. The minimum Gasteiger partial charge on any atom is -0.508 e. The summed E-state index contributed by atoms with van der Waals surface area (Å²) in [5, 5.41) is 15.7. The van der Waals surface area contributed by atoms with Crippen LogP contribution in [0.25, 0.3) is 0 Å². The molecule has 0 bridgehead atoms. The first-order chi connectivity index (χ1) is 10.8. The number of benzene rings is 2. The molecule has 0 aromatic heterocycles. The van der Waals surface area contributed by atoms with Gasteiger partial charge >= 0.3 is 6.09 Å². The molecule has 5 heteroatoms. The first-order valence-corrected chi connectivity index (χ1v) is 7.44. The van der Waals surface area contributed by atoms with Crippen molar-refractivity contribution in [1.82, 2.24) is 0 Å². The van der Waals surface area contributed by atoms with Gasteiger partial charge < -0.3 is 15.2 Å². The molecule has 0 saturated carbocycles. The summed E-state index contributed by atoms with van der Waals surface area (Å²) in [6, 6.07) is 14.5. The summed E-state index contributed by atoms with van der Waals surface area (Å²) in [6.07, 6.45) is -0.490. The quantitative estimate of drug-likeness (QED) is 0.784. The lowest BCUT2D eigenvalue weighted by Crippen LogP contribution is -2.27. The number of aromatic hydroxyl groups is 1. The third kappa shape index (κ3) is 5.54. The second kappa shape index (κ2) is 7.05. The molecule has 0 heterocycles. The Hall–Kier alpha value is -2.69. The highest BCUT2D eigenvalue weighted by Crippen LogP contribution is 2.20. The average Bonchev–Trinajstić information content (AvgIpc) is 2.45. The summed E-state index contributed by atoms with van der Waals surface area (Å²) in [4.78, 5) is 11.8. The highest BCUT2D eigenvalue weighted by Gasteiger charge is 2.16. The normalized spacial score (nSPS) is 10.9. The number of carbonyl (C=O) groups is 1. The van der Waals surface area contributed by atoms with Gasteiger partial charge in [-0.1, -0.05) is 24.3 Å². The molecule has 0 atom stereocenters. The summed E-state index contributed by atoms with van der Waals surface area (Å²) >= 11 is 0. The van der Waals surface area contributed by atoms with Crippen molar-refractivity contribution in [3.63, 3.8) is 0 Å². The Kier molecular flexibility index (Phi) is 5.11. The van der Waals surface area contributed by atoms with Crippen LogP contribution in [-0.2, 0) is 11.3 Å². The van der Waals surface area contributed by atoms with Gasteiger partial charge in [-0.05, 0) is 45.0 Å². The van der Waals surface area contributed by atoms with E-state index < -0.39 is 11.7 Å². The van der Waals surface area contributed by atoms with Crippen LogP contribution in [0.3, 0.4) is 0 Å². The Morgan fingerprint density at radius 3 is 2.48 bits per heavy atom. The smallest absolute Gasteiger partial charge is 0.412 e. The van der Waals surface area contributed by atoms with E-state index in [-0.39, 0.29) is 5.75 Å². The maximum Gasteiger partial charge on any atom is 0.412 e. The summed E-state index contributed by atoms with van der Waals surface area (Å²) in [6.45, 7) is 5.94. The van der Waals surface area contributed by atoms with Crippen LogP contribution < -0.4 is 10.6 Å². The van der Waals surface area contributed by atoms with Crippen molar-refractivity contribution in [2.24, 2.45) is 0 Å². The number of hydrogen-bond acceptors (Lipinski definition) is 4. The van der Waals surface area contributed by atoms with Gasteiger partial charge in [0.2, 0.25) is 0 Å². The lowest BCUT2D eigenvalue weighted by Gasteiger charge is -2.19. The summed E-state index contributed by atoms with van der Waals surface area (Å²) in [5.41, 5.74) is 1.74. The van der Waals surface area contributed by atoms with Crippen molar-refractivity contribution in [2.75, 3.05) is 10.6 Å². The lowest BCUT2D eigenvalue weighted by molar-refractivity contribution is 0.0636. The maximum absolute atomic E-state index is 11.8. The molecule has 23 heavy (non-hydrogen) atoms. The number of anilines is 2. The third-order valence-corrected chi connectivity index (χ3v) is 2.98.